The number of carbonyl (C=O) groups is 5. The van der Waals surface area contributed by atoms with Crippen molar-refractivity contribution in [3.8, 4) is 0 Å². The van der Waals surface area contributed by atoms with Crippen LogP contribution in [0.25, 0.3) is 0 Å². The SMILES string of the molecule is CCCCN(C(=O)C(CCC(N)=O)NC(=O)OC(C)(C)C)C(C(=O)NCCC(=O)OCC)c1c(C)cccc1C. The van der Waals surface area contributed by atoms with Gasteiger partial charge in [0.05, 0.1) is 13.0 Å². The second kappa shape index (κ2) is 16.5. The molecular weight excluding hydrogens is 516 g/mol. The number of nitrogens with zero attached hydrogens (tertiary/aromatic N) is 1. The van der Waals surface area contributed by atoms with E-state index in [-0.39, 0.29) is 39.0 Å². The Labute approximate surface area is 237 Å². The van der Waals surface area contributed by atoms with E-state index >= 15 is 0 Å². The Bertz CT molecular complexity index is 1020. The third-order valence-electron chi connectivity index (χ3n) is 6.01. The van der Waals surface area contributed by atoms with Crippen molar-refractivity contribution in [3.05, 3.63) is 34.9 Å². The van der Waals surface area contributed by atoms with Gasteiger partial charge < -0.3 is 30.7 Å². The highest BCUT2D eigenvalue weighted by Crippen LogP contribution is 2.29. The monoisotopic (exact) mass is 562 g/mol. The summed E-state index contributed by atoms with van der Waals surface area (Å²) in [4.78, 5) is 65.4. The van der Waals surface area contributed by atoms with Gasteiger partial charge in [0.25, 0.3) is 0 Å². The molecule has 40 heavy (non-hydrogen) atoms. The zero-order valence-corrected chi connectivity index (χ0v) is 24.9. The highest BCUT2D eigenvalue weighted by atomic mass is 16.6. The fraction of sp³-hybridized carbons (Fsp3) is 0.621. The number of hydrogen-bond acceptors (Lipinski definition) is 7. The second-order valence-electron chi connectivity index (χ2n) is 10.6. The Morgan fingerprint density at radius 1 is 1.02 bits per heavy atom. The quantitative estimate of drug-likeness (QED) is 0.277. The average Bonchev–Trinajstić information content (AvgIpc) is 2.84. The number of nitrogens with two attached hydrogens (primary N) is 1. The topological polar surface area (TPSA) is 157 Å². The molecule has 0 aliphatic carbocycles. The first-order valence-electron chi connectivity index (χ1n) is 13.8. The van der Waals surface area contributed by atoms with E-state index in [0.717, 1.165) is 17.5 Å². The molecule has 0 aliphatic rings. The van der Waals surface area contributed by atoms with Gasteiger partial charge in [0, 0.05) is 19.5 Å². The third-order valence-corrected chi connectivity index (χ3v) is 6.01. The van der Waals surface area contributed by atoms with Gasteiger partial charge in [-0.05, 0) is 71.1 Å². The van der Waals surface area contributed by atoms with Gasteiger partial charge in [0.2, 0.25) is 17.7 Å². The minimum atomic E-state index is -1.17. The van der Waals surface area contributed by atoms with E-state index < -0.39 is 47.5 Å². The molecule has 11 nitrogen and oxygen atoms in total. The number of hydrogen-bond donors (Lipinski definition) is 3. The molecule has 2 atom stereocenters. The van der Waals surface area contributed by atoms with Gasteiger partial charge in [-0.1, -0.05) is 31.5 Å². The number of ether oxygens (including phenoxy) is 2. The molecule has 1 rings (SSSR count). The number of unbranched alkanes of at least 4 members (excludes halogenated alkanes) is 1. The molecule has 0 aliphatic heterocycles. The summed E-state index contributed by atoms with van der Waals surface area (Å²) in [5.41, 5.74) is 6.79. The van der Waals surface area contributed by atoms with Crippen LogP contribution < -0.4 is 16.4 Å². The van der Waals surface area contributed by atoms with Gasteiger partial charge in [-0.3, -0.25) is 19.2 Å². The summed E-state index contributed by atoms with van der Waals surface area (Å²) >= 11 is 0. The van der Waals surface area contributed by atoms with Crippen molar-refractivity contribution in [2.45, 2.75) is 98.3 Å². The molecule has 2 unspecified atom stereocenters. The summed E-state index contributed by atoms with van der Waals surface area (Å²) in [5, 5.41) is 5.36. The highest BCUT2D eigenvalue weighted by Gasteiger charge is 2.37. The van der Waals surface area contributed by atoms with Gasteiger partial charge in [0.1, 0.15) is 17.7 Å². The van der Waals surface area contributed by atoms with Gasteiger partial charge >= 0.3 is 12.1 Å². The predicted octanol–water partition coefficient (Wildman–Crippen LogP) is 3.20. The number of rotatable bonds is 15. The maximum atomic E-state index is 14.1. The summed E-state index contributed by atoms with van der Waals surface area (Å²) in [5.74, 6) is -2.10. The lowest BCUT2D eigenvalue weighted by atomic mass is 9.93. The van der Waals surface area contributed by atoms with Crippen molar-refractivity contribution in [1.82, 2.24) is 15.5 Å². The van der Waals surface area contributed by atoms with Crippen LogP contribution in [0.4, 0.5) is 4.79 Å². The number of alkyl carbamates (subject to hydrolysis) is 1. The minimum Gasteiger partial charge on any atom is -0.466 e. The first-order valence-corrected chi connectivity index (χ1v) is 13.8. The molecule has 0 aromatic heterocycles. The van der Waals surface area contributed by atoms with Crippen molar-refractivity contribution in [3.63, 3.8) is 0 Å². The number of aryl methyl sites for hydroxylation is 2. The zero-order valence-electron chi connectivity index (χ0n) is 24.9. The molecule has 0 bridgehead atoms. The summed E-state index contributed by atoms with van der Waals surface area (Å²) < 4.78 is 10.3. The maximum absolute atomic E-state index is 14.1. The van der Waals surface area contributed by atoms with E-state index in [0.29, 0.717) is 12.0 Å². The predicted molar refractivity (Wildman–Crippen MR) is 151 cm³/mol. The smallest absolute Gasteiger partial charge is 0.408 e. The van der Waals surface area contributed by atoms with Crippen molar-refractivity contribution in [1.29, 1.82) is 0 Å². The van der Waals surface area contributed by atoms with Crippen molar-refractivity contribution < 1.29 is 33.4 Å². The van der Waals surface area contributed by atoms with E-state index in [4.69, 9.17) is 15.2 Å². The molecule has 0 saturated carbocycles. The average molecular weight is 563 g/mol. The Hall–Kier alpha value is -3.63. The molecule has 11 heteroatoms. The number of amides is 4. The largest absolute Gasteiger partial charge is 0.466 e. The van der Waals surface area contributed by atoms with Crippen LogP contribution in [-0.4, -0.2) is 66.0 Å². The Morgan fingerprint density at radius 2 is 1.65 bits per heavy atom. The molecule has 0 heterocycles. The van der Waals surface area contributed by atoms with Crippen LogP contribution in [0.5, 0.6) is 0 Å². The Kier molecular flexibility index (Phi) is 14.2. The lowest BCUT2D eigenvalue weighted by Crippen LogP contribution is -2.53. The van der Waals surface area contributed by atoms with Crippen LogP contribution in [0.1, 0.15) is 89.5 Å². The molecule has 0 spiro atoms. The van der Waals surface area contributed by atoms with Crippen LogP contribution in [0.3, 0.4) is 0 Å². The molecule has 4 amide bonds. The van der Waals surface area contributed by atoms with Gasteiger partial charge in [-0.15, -0.1) is 0 Å². The fourth-order valence-corrected chi connectivity index (χ4v) is 4.19. The molecule has 0 saturated heterocycles. The third kappa shape index (κ3) is 11.6. The number of carbonyl (C=O) groups excluding carboxylic acids is 5. The summed E-state index contributed by atoms with van der Waals surface area (Å²) in [6.45, 7) is 12.9. The zero-order chi connectivity index (χ0) is 30.5. The number of benzene rings is 1. The maximum Gasteiger partial charge on any atom is 0.408 e. The Balaban J connectivity index is 3.52. The molecule has 0 radical (unpaired) electrons. The van der Waals surface area contributed by atoms with E-state index in [1.54, 1.807) is 27.7 Å². The van der Waals surface area contributed by atoms with E-state index in [1.165, 1.54) is 4.90 Å². The Morgan fingerprint density at radius 3 is 2.17 bits per heavy atom. The number of nitrogens with one attached hydrogen (secondary N) is 2. The summed E-state index contributed by atoms with van der Waals surface area (Å²) in [6, 6.07) is 3.35. The van der Waals surface area contributed by atoms with Crippen LogP contribution in [-0.2, 0) is 28.7 Å². The van der Waals surface area contributed by atoms with E-state index in [1.807, 2.05) is 39.0 Å². The first kappa shape index (κ1) is 34.4. The molecule has 0 fully saturated rings. The van der Waals surface area contributed by atoms with E-state index in [9.17, 15) is 24.0 Å². The number of esters is 1. The van der Waals surface area contributed by atoms with Crippen molar-refractivity contribution in [2.75, 3.05) is 19.7 Å². The van der Waals surface area contributed by atoms with Gasteiger partial charge in [0.15, 0.2) is 0 Å². The minimum absolute atomic E-state index is 0.0240. The lowest BCUT2D eigenvalue weighted by molar-refractivity contribution is -0.144. The first-order chi connectivity index (χ1) is 18.7. The van der Waals surface area contributed by atoms with Crippen LogP contribution in [0, 0.1) is 13.8 Å². The normalized spacial score (nSPS) is 12.6. The van der Waals surface area contributed by atoms with Crippen molar-refractivity contribution in [2.24, 2.45) is 5.73 Å². The van der Waals surface area contributed by atoms with Gasteiger partial charge in [-0.25, -0.2) is 4.79 Å². The summed E-state index contributed by atoms with van der Waals surface area (Å²) in [7, 11) is 0. The molecular formula is C29H46N4O7. The lowest BCUT2D eigenvalue weighted by Gasteiger charge is -2.35. The summed E-state index contributed by atoms with van der Waals surface area (Å²) in [6.07, 6.45) is 0.238. The van der Waals surface area contributed by atoms with Crippen LogP contribution in [0.2, 0.25) is 0 Å². The van der Waals surface area contributed by atoms with Crippen molar-refractivity contribution >= 4 is 29.8 Å². The second-order valence-corrected chi connectivity index (χ2v) is 10.6. The standard InChI is InChI=1S/C29H46N4O7/c1-8-10-18-33(27(37)21(14-15-22(30)34)32-28(38)40-29(5,6)7)25(24-19(3)12-11-13-20(24)4)26(36)31-17-16-23(35)39-9-2/h11-13,21,25H,8-10,14-18H2,1-7H3,(H2,30,34)(H,31,36)(H,32,38). The molecule has 1 aromatic carbocycles. The molecule has 4 N–H and O–H groups in total. The van der Waals surface area contributed by atoms with E-state index in [2.05, 4.69) is 10.6 Å². The highest BCUT2D eigenvalue weighted by molar-refractivity contribution is 5.93. The van der Waals surface area contributed by atoms with Crippen LogP contribution in [0.15, 0.2) is 18.2 Å². The van der Waals surface area contributed by atoms with Crippen LogP contribution >= 0.6 is 0 Å². The number of primary amides is 1. The molecule has 224 valence electrons. The van der Waals surface area contributed by atoms with Gasteiger partial charge in [-0.2, -0.15) is 0 Å². The fourth-order valence-electron chi connectivity index (χ4n) is 4.19. The molecule has 1 aromatic rings.